The number of anilines is 1. The maximum Gasteiger partial charge on any atom is 0.117 e. The molecule has 0 aliphatic heterocycles. The molecule has 1 atom stereocenters. The maximum atomic E-state index is 5.50. The molecule has 1 unspecified atom stereocenters. The average molecular weight is 298 g/mol. The van der Waals surface area contributed by atoms with Crippen LogP contribution in [-0.2, 0) is 0 Å². The minimum Gasteiger partial charge on any atom is -0.319 e. The van der Waals surface area contributed by atoms with Crippen LogP contribution in [0.5, 0.6) is 0 Å². The van der Waals surface area contributed by atoms with Gasteiger partial charge in [-0.25, -0.2) is 5.43 Å². The van der Waals surface area contributed by atoms with E-state index in [0.717, 1.165) is 20.9 Å². The Balaban J connectivity index is 2.42. The van der Waals surface area contributed by atoms with Crippen LogP contribution in [0.25, 0.3) is 10.8 Å². The summed E-state index contributed by atoms with van der Waals surface area (Å²) in [5, 5.41) is 2.28. The van der Waals surface area contributed by atoms with Gasteiger partial charge in [-0.2, -0.15) is 0 Å². The molecule has 0 saturated heterocycles. The molecule has 0 amide bonds. The molecule has 84 valence electrons. The van der Waals surface area contributed by atoms with Crippen LogP contribution in [0.1, 0.15) is 0 Å². The minimum absolute atomic E-state index is 0.401. The molecule has 0 aliphatic rings. The third-order valence-corrected chi connectivity index (χ3v) is 3.04. The zero-order valence-corrected chi connectivity index (χ0v) is 10.9. The molecular weight excluding hydrogens is 286 g/mol. The highest BCUT2D eigenvalue weighted by molar-refractivity contribution is 9.10. The van der Waals surface area contributed by atoms with E-state index in [0.29, 0.717) is 0 Å². The summed E-state index contributed by atoms with van der Waals surface area (Å²) in [6.45, 7) is 0. The highest BCUT2D eigenvalue weighted by atomic mass is 79.9. The van der Waals surface area contributed by atoms with Gasteiger partial charge in [-0.1, -0.05) is 40.2 Å². The van der Waals surface area contributed by atoms with Crippen LogP contribution in [0.4, 0.5) is 5.69 Å². The van der Waals surface area contributed by atoms with E-state index in [-0.39, 0.29) is 0 Å². The van der Waals surface area contributed by atoms with Gasteiger partial charge in [-0.3, -0.25) is 0 Å². The van der Waals surface area contributed by atoms with Gasteiger partial charge in [0.25, 0.3) is 0 Å². The number of benzene rings is 2. The molecule has 2 aromatic rings. The molecular formula is C11H12BrN3S. The Bertz CT molecular complexity index is 502. The summed E-state index contributed by atoms with van der Waals surface area (Å²) < 4.78 is 1.07. The first-order valence-electron chi connectivity index (χ1n) is 4.81. The smallest absolute Gasteiger partial charge is 0.117 e. The van der Waals surface area contributed by atoms with E-state index in [1.165, 1.54) is 0 Å². The van der Waals surface area contributed by atoms with Gasteiger partial charge >= 0.3 is 0 Å². The summed E-state index contributed by atoms with van der Waals surface area (Å²) in [6, 6.07) is 12.1. The predicted molar refractivity (Wildman–Crippen MR) is 75.4 cm³/mol. The highest BCUT2D eigenvalue weighted by Crippen LogP contribution is 2.28. The topological polar surface area (TPSA) is 50.1 Å². The third kappa shape index (κ3) is 2.49. The molecule has 2 aromatic carbocycles. The predicted octanol–water partition coefficient (Wildman–Crippen LogP) is 2.69. The molecule has 0 heterocycles. The SMILES string of the molecule is NC(S)NNc1cccc2c(Br)cccc12. The van der Waals surface area contributed by atoms with E-state index in [2.05, 4.69) is 45.5 Å². The van der Waals surface area contributed by atoms with Crippen molar-refractivity contribution in [1.29, 1.82) is 0 Å². The van der Waals surface area contributed by atoms with Crippen LogP contribution >= 0.6 is 28.6 Å². The number of nitrogens with one attached hydrogen (secondary N) is 2. The van der Waals surface area contributed by atoms with E-state index in [1.807, 2.05) is 30.3 Å². The monoisotopic (exact) mass is 297 g/mol. The largest absolute Gasteiger partial charge is 0.319 e. The third-order valence-electron chi connectivity index (χ3n) is 2.22. The molecule has 0 saturated carbocycles. The first kappa shape index (κ1) is 11.7. The van der Waals surface area contributed by atoms with Gasteiger partial charge in [0, 0.05) is 9.86 Å². The molecule has 0 bridgehead atoms. The number of thiol groups is 1. The second kappa shape index (κ2) is 5.05. The molecule has 5 heteroatoms. The van der Waals surface area contributed by atoms with Gasteiger partial charge in [-0.15, -0.1) is 12.6 Å². The second-order valence-corrected chi connectivity index (χ2v) is 4.77. The summed E-state index contributed by atoms with van der Waals surface area (Å²) in [7, 11) is 0. The standard InChI is InChI=1S/C11H12BrN3S/c12-9-5-1-4-8-7(9)3-2-6-10(8)14-15-11(13)16/h1-6,11,14-16H,13H2. The highest BCUT2D eigenvalue weighted by Gasteiger charge is 2.02. The summed E-state index contributed by atoms with van der Waals surface area (Å²) in [5.74, 6) is 0. The lowest BCUT2D eigenvalue weighted by Gasteiger charge is -2.13. The van der Waals surface area contributed by atoms with E-state index in [4.69, 9.17) is 5.73 Å². The first-order valence-corrected chi connectivity index (χ1v) is 6.12. The second-order valence-electron chi connectivity index (χ2n) is 3.35. The van der Waals surface area contributed by atoms with Crippen LogP contribution in [0, 0.1) is 0 Å². The molecule has 0 aliphatic carbocycles. The Morgan fingerprint density at radius 2 is 1.81 bits per heavy atom. The van der Waals surface area contributed by atoms with Crippen LogP contribution in [0.15, 0.2) is 40.9 Å². The molecule has 0 fully saturated rings. The van der Waals surface area contributed by atoms with Crippen molar-refractivity contribution in [3.63, 3.8) is 0 Å². The average Bonchev–Trinajstić information content (AvgIpc) is 2.27. The molecule has 3 nitrogen and oxygen atoms in total. The Labute approximate surface area is 108 Å². The Morgan fingerprint density at radius 3 is 2.56 bits per heavy atom. The Kier molecular flexibility index (Phi) is 3.70. The number of hydrazine groups is 1. The lowest BCUT2D eigenvalue weighted by Crippen LogP contribution is -2.36. The molecule has 0 radical (unpaired) electrons. The summed E-state index contributed by atoms with van der Waals surface area (Å²) in [5.41, 5.74) is 12.0. The van der Waals surface area contributed by atoms with E-state index in [9.17, 15) is 0 Å². The van der Waals surface area contributed by atoms with Crippen molar-refractivity contribution >= 4 is 45.0 Å². The molecule has 0 aromatic heterocycles. The van der Waals surface area contributed by atoms with Crippen molar-refractivity contribution < 1.29 is 0 Å². The van der Waals surface area contributed by atoms with Crippen molar-refractivity contribution in [1.82, 2.24) is 5.43 Å². The molecule has 16 heavy (non-hydrogen) atoms. The molecule has 2 rings (SSSR count). The fraction of sp³-hybridized carbons (Fsp3) is 0.0909. The van der Waals surface area contributed by atoms with Crippen LogP contribution in [0.2, 0.25) is 0 Å². The number of fused-ring (bicyclic) bond motifs is 1. The van der Waals surface area contributed by atoms with Gasteiger partial charge in [0.05, 0.1) is 5.69 Å². The fourth-order valence-corrected chi connectivity index (χ4v) is 2.10. The van der Waals surface area contributed by atoms with Crippen LogP contribution < -0.4 is 16.6 Å². The van der Waals surface area contributed by atoms with Gasteiger partial charge in [-0.05, 0) is 17.5 Å². The molecule has 0 spiro atoms. The van der Waals surface area contributed by atoms with Crippen molar-refractivity contribution in [2.24, 2.45) is 5.73 Å². The van der Waals surface area contributed by atoms with Crippen LogP contribution in [-0.4, -0.2) is 5.50 Å². The lowest BCUT2D eigenvalue weighted by atomic mass is 10.1. The number of nitrogens with two attached hydrogens (primary N) is 1. The first-order chi connectivity index (χ1) is 7.68. The Morgan fingerprint density at radius 1 is 1.12 bits per heavy atom. The number of hydrogen-bond donors (Lipinski definition) is 4. The van der Waals surface area contributed by atoms with Gasteiger partial charge in [0.1, 0.15) is 5.50 Å². The number of hydrogen-bond acceptors (Lipinski definition) is 4. The van der Waals surface area contributed by atoms with E-state index in [1.54, 1.807) is 0 Å². The van der Waals surface area contributed by atoms with Crippen LogP contribution in [0.3, 0.4) is 0 Å². The fourth-order valence-electron chi connectivity index (χ4n) is 1.53. The van der Waals surface area contributed by atoms with Crippen molar-refractivity contribution in [3.8, 4) is 0 Å². The Hall–Kier alpha value is -0.750. The summed E-state index contributed by atoms with van der Waals surface area (Å²) in [6.07, 6.45) is 0. The van der Waals surface area contributed by atoms with Crippen molar-refractivity contribution in [2.45, 2.75) is 5.50 Å². The summed E-state index contributed by atoms with van der Waals surface area (Å²) >= 11 is 7.56. The van der Waals surface area contributed by atoms with E-state index < -0.39 is 5.50 Å². The zero-order chi connectivity index (χ0) is 11.5. The van der Waals surface area contributed by atoms with Crippen molar-refractivity contribution in [3.05, 3.63) is 40.9 Å². The number of halogens is 1. The van der Waals surface area contributed by atoms with E-state index >= 15 is 0 Å². The zero-order valence-electron chi connectivity index (χ0n) is 8.44. The minimum atomic E-state index is -0.401. The number of rotatable bonds is 3. The van der Waals surface area contributed by atoms with Gasteiger partial charge < -0.3 is 11.2 Å². The summed E-state index contributed by atoms with van der Waals surface area (Å²) in [4.78, 5) is 0. The van der Waals surface area contributed by atoms with Gasteiger partial charge in [0.2, 0.25) is 0 Å². The quantitative estimate of drug-likeness (QED) is 0.400. The van der Waals surface area contributed by atoms with Gasteiger partial charge in [0.15, 0.2) is 0 Å². The molecule has 4 N–H and O–H groups in total. The van der Waals surface area contributed by atoms with Crippen molar-refractivity contribution in [2.75, 3.05) is 5.43 Å². The lowest BCUT2D eigenvalue weighted by molar-refractivity contribution is 0.769. The maximum absolute atomic E-state index is 5.50. The normalized spacial score (nSPS) is 12.7.